The SMILES string of the molecule is CCCC(C)C1=C[CH]([Zr+2](=[C]2CCCC2)[CH]2C=C(C(C)CCC)c3ccccc32)c2ccccc21.[Cl-].[Cl-]. The first-order valence-electron chi connectivity index (χ1n) is 14.0. The van der Waals surface area contributed by atoms with E-state index >= 15 is 0 Å². The number of hydrogen-bond acceptors (Lipinski definition) is 0. The summed E-state index contributed by atoms with van der Waals surface area (Å²) in [6.07, 6.45) is 16.4. The summed E-state index contributed by atoms with van der Waals surface area (Å²) < 4.78 is 3.44. The Hall–Kier alpha value is -0.747. The third-order valence-corrected chi connectivity index (χ3v) is 17.6. The third-order valence-electron chi connectivity index (χ3n) is 8.70. The molecule has 1 saturated carbocycles. The number of halogens is 2. The molecule has 4 unspecified atom stereocenters. The van der Waals surface area contributed by atoms with Crippen molar-refractivity contribution in [2.75, 3.05) is 0 Å². The minimum Gasteiger partial charge on any atom is -1.00 e. The number of allylic oxidation sites excluding steroid dienone is 4. The molecule has 0 amide bonds. The van der Waals surface area contributed by atoms with Crippen molar-refractivity contribution in [1.82, 2.24) is 0 Å². The Labute approximate surface area is 240 Å². The Bertz CT molecular complexity index is 1050. The molecule has 2 aromatic carbocycles. The van der Waals surface area contributed by atoms with Crippen molar-refractivity contribution in [3.05, 3.63) is 82.9 Å². The van der Waals surface area contributed by atoms with E-state index in [9.17, 15) is 0 Å². The molecule has 2 aromatic rings. The van der Waals surface area contributed by atoms with Crippen LogP contribution in [-0.4, -0.2) is 3.21 Å². The standard InChI is InChI=1S/2C14H17.C5H8.2ClH.Zr/c2*1-3-6-11(2)13-10-9-12-7-4-5-8-14(12)13;1-2-4-5-3-1;;;/h2*4-5,7-11H,3,6H2,1-2H3;1-4H2;2*1H;/q;;;;;+2/p-2. The third kappa shape index (κ3) is 5.65. The molecule has 0 saturated heterocycles. The molecule has 0 nitrogen and oxygen atoms in total. The molecule has 4 atom stereocenters. The monoisotopic (exact) mass is 598 g/mol. The van der Waals surface area contributed by atoms with E-state index in [1.54, 1.807) is 33.4 Å². The topological polar surface area (TPSA) is 0 Å². The fourth-order valence-corrected chi connectivity index (χ4v) is 17.1. The summed E-state index contributed by atoms with van der Waals surface area (Å²) in [6, 6.07) is 19.0. The van der Waals surface area contributed by atoms with E-state index in [1.165, 1.54) is 51.4 Å². The van der Waals surface area contributed by atoms with E-state index in [2.05, 4.69) is 88.4 Å². The van der Waals surface area contributed by atoms with Crippen LogP contribution in [0, 0.1) is 11.8 Å². The van der Waals surface area contributed by atoms with Gasteiger partial charge in [-0.05, 0) is 0 Å². The molecule has 3 aliphatic carbocycles. The van der Waals surface area contributed by atoms with Crippen LogP contribution in [0.25, 0.3) is 11.1 Å². The average molecular weight is 601 g/mol. The van der Waals surface area contributed by atoms with Crippen LogP contribution in [0.1, 0.15) is 109 Å². The smallest absolute Gasteiger partial charge is 1.00 e. The molecule has 192 valence electrons. The first-order chi connectivity index (χ1) is 16.6. The number of rotatable bonds is 8. The summed E-state index contributed by atoms with van der Waals surface area (Å²) in [4.78, 5) is 0. The fraction of sp³-hybridized carbons (Fsp3) is 0.485. The van der Waals surface area contributed by atoms with Crippen molar-refractivity contribution < 1.29 is 46.1 Å². The van der Waals surface area contributed by atoms with Gasteiger partial charge in [0.15, 0.2) is 0 Å². The second-order valence-corrected chi connectivity index (χ2v) is 18.1. The van der Waals surface area contributed by atoms with Crippen LogP contribution in [0.2, 0.25) is 0 Å². The molecule has 3 heteroatoms. The van der Waals surface area contributed by atoms with Crippen LogP contribution in [-0.2, 0) is 21.3 Å². The first kappa shape index (κ1) is 29.8. The summed E-state index contributed by atoms with van der Waals surface area (Å²) in [5.74, 6) is 1.34. The van der Waals surface area contributed by atoms with Crippen LogP contribution in [0.4, 0.5) is 0 Å². The van der Waals surface area contributed by atoms with Crippen molar-refractivity contribution in [2.24, 2.45) is 11.8 Å². The summed E-state index contributed by atoms with van der Waals surface area (Å²) in [7, 11) is 0. The molecule has 0 N–H and O–H groups in total. The minimum absolute atomic E-state index is 0. The second-order valence-electron chi connectivity index (χ2n) is 11.0. The maximum Gasteiger partial charge on any atom is -1.00 e. The van der Waals surface area contributed by atoms with E-state index in [0.29, 0.717) is 19.1 Å². The van der Waals surface area contributed by atoms with Crippen molar-refractivity contribution in [1.29, 1.82) is 0 Å². The predicted molar refractivity (Wildman–Crippen MR) is 146 cm³/mol. The molecule has 36 heavy (non-hydrogen) atoms. The Morgan fingerprint density at radius 1 is 0.694 bits per heavy atom. The van der Waals surface area contributed by atoms with Gasteiger partial charge in [-0.2, -0.15) is 0 Å². The van der Waals surface area contributed by atoms with Gasteiger partial charge in [0.1, 0.15) is 0 Å². The second kappa shape index (κ2) is 13.4. The van der Waals surface area contributed by atoms with Crippen molar-refractivity contribution in [2.45, 2.75) is 86.3 Å². The summed E-state index contributed by atoms with van der Waals surface area (Å²) in [5.41, 5.74) is 9.84. The molecule has 0 bridgehead atoms. The van der Waals surface area contributed by atoms with E-state index in [1.807, 2.05) is 3.21 Å². The van der Waals surface area contributed by atoms with Gasteiger partial charge in [0.25, 0.3) is 0 Å². The van der Waals surface area contributed by atoms with E-state index in [-0.39, 0.29) is 24.8 Å². The largest absolute Gasteiger partial charge is 1.00 e. The zero-order chi connectivity index (χ0) is 23.7. The normalized spacial score (nSPS) is 21.2. The maximum atomic E-state index is 2.80. The van der Waals surface area contributed by atoms with Crippen LogP contribution in [0.3, 0.4) is 0 Å². The molecule has 1 fully saturated rings. The van der Waals surface area contributed by atoms with Gasteiger partial charge < -0.3 is 24.8 Å². The molecule has 3 aliphatic rings. The van der Waals surface area contributed by atoms with Gasteiger partial charge in [0.05, 0.1) is 0 Å². The van der Waals surface area contributed by atoms with Gasteiger partial charge in [-0.15, -0.1) is 0 Å². The first-order valence-corrected chi connectivity index (χ1v) is 18.0. The van der Waals surface area contributed by atoms with E-state index in [4.69, 9.17) is 0 Å². The van der Waals surface area contributed by atoms with Gasteiger partial charge >= 0.3 is 217 Å². The van der Waals surface area contributed by atoms with Crippen molar-refractivity contribution >= 4 is 14.4 Å². The molecule has 0 aromatic heterocycles. The van der Waals surface area contributed by atoms with Gasteiger partial charge in [0, 0.05) is 0 Å². The van der Waals surface area contributed by atoms with Crippen LogP contribution >= 0.6 is 0 Å². The molecule has 0 radical (unpaired) electrons. The molecule has 0 spiro atoms. The summed E-state index contributed by atoms with van der Waals surface area (Å²) in [5, 5.41) is 0. The van der Waals surface area contributed by atoms with Crippen molar-refractivity contribution in [3.8, 4) is 0 Å². The van der Waals surface area contributed by atoms with Gasteiger partial charge in [-0.3, -0.25) is 0 Å². The number of fused-ring (bicyclic) bond motifs is 2. The zero-order valence-electron chi connectivity index (χ0n) is 22.5. The molecule has 0 heterocycles. The molecular weight excluding hydrogens is 558 g/mol. The van der Waals surface area contributed by atoms with Crippen LogP contribution < -0.4 is 24.8 Å². The Kier molecular flexibility index (Phi) is 11.1. The van der Waals surface area contributed by atoms with E-state index < -0.39 is 21.3 Å². The molecule has 0 aliphatic heterocycles. The number of benzene rings is 2. The number of hydrogen-bond donors (Lipinski definition) is 0. The minimum atomic E-state index is -2.09. The Balaban J connectivity index is 0.00000180. The summed E-state index contributed by atoms with van der Waals surface area (Å²) in [6.45, 7) is 9.61. The van der Waals surface area contributed by atoms with E-state index in [0.717, 1.165) is 0 Å². The quantitative estimate of drug-likeness (QED) is 0.435. The van der Waals surface area contributed by atoms with Gasteiger partial charge in [-0.25, -0.2) is 0 Å². The van der Waals surface area contributed by atoms with Crippen molar-refractivity contribution in [3.63, 3.8) is 0 Å². The predicted octanol–water partition coefficient (Wildman–Crippen LogP) is 3.51. The Morgan fingerprint density at radius 3 is 1.53 bits per heavy atom. The summed E-state index contributed by atoms with van der Waals surface area (Å²) >= 11 is -2.09. The van der Waals surface area contributed by atoms with Crippen LogP contribution in [0.15, 0.2) is 60.7 Å². The van der Waals surface area contributed by atoms with Gasteiger partial charge in [-0.1, -0.05) is 0 Å². The fourth-order valence-electron chi connectivity index (χ4n) is 7.06. The molecular formula is C33H42Cl2Zr. The average Bonchev–Trinajstić information content (AvgIpc) is 3.59. The zero-order valence-corrected chi connectivity index (χ0v) is 26.5. The van der Waals surface area contributed by atoms with Gasteiger partial charge in [0.2, 0.25) is 0 Å². The molecule has 5 rings (SSSR count). The maximum absolute atomic E-state index is 2.80. The van der Waals surface area contributed by atoms with Crippen LogP contribution in [0.5, 0.6) is 0 Å². The Morgan fingerprint density at radius 2 is 1.11 bits per heavy atom.